The molecule has 1 aromatic heterocycles. The van der Waals surface area contributed by atoms with E-state index in [0.29, 0.717) is 0 Å². The predicted octanol–water partition coefficient (Wildman–Crippen LogP) is 3.63. The summed E-state index contributed by atoms with van der Waals surface area (Å²) < 4.78 is 1.92. The second-order valence-electron chi connectivity index (χ2n) is 5.72. The molecule has 0 spiro atoms. The molecule has 0 saturated heterocycles. The second-order valence-corrected chi connectivity index (χ2v) is 7.03. The van der Waals surface area contributed by atoms with Crippen LogP contribution in [-0.4, -0.2) is 33.0 Å². The van der Waals surface area contributed by atoms with Gasteiger partial charge in [-0.1, -0.05) is 60.3 Å². The molecular formula is C19H20N4OS. The van der Waals surface area contributed by atoms with Gasteiger partial charge in [-0.05, 0) is 19.1 Å². The average molecular weight is 352 g/mol. The standard InChI is InChI=1S/C19H20N4OS/c1-14(18(24)22(2)16-12-8-5-9-13-16)25-19-21-20-17(23(19)3)15-10-6-4-7-11-15/h4-14H,1-3H3/t14-/m0/s1. The molecule has 0 aliphatic carbocycles. The van der Waals surface area contributed by atoms with Gasteiger partial charge in [0.15, 0.2) is 11.0 Å². The van der Waals surface area contributed by atoms with Crippen LogP contribution in [-0.2, 0) is 11.8 Å². The lowest BCUT2D eigenvalue weighted by molar-refractivity contribution is -0.117. The summed E-state index contributed by atoms with van der Waals surface area (Å²) in [5.74, 6) is 0.819. The monoisotopic (exact) mass is 352 g/mol. The summed E-state index contributed by atoms with van der Waals surface area (Å²) in [4.78, 5) is 14.4. The average Bonchev–Trinajstić information content (AvgIpc) is 3.02. The molecule has 0 bridgehead atoms. The first-order valence-electron chi connectivity index (χ1n) is 8.02. The Bertz CT molecular complexity index is 848. The fourth-order valence-corrected chi connectivity index (χ4v) is 3.42. The molecule has 0 aliphatic rings. The number of aromatic nitrogens is 3. The molecule has 1 atom stereocenters. The molecule has 1 heterocycles. The number of hydrogen-bond donors (Lipinski definition) is 0. The summed E-state index contributed by atoms with van der Waals surface area (Å²) in [6, 6.07) is 19.5. The topological polar surface area (TPSA) is 51.0 Å². The third-order valence-corrected chi connectivity index (χ3v) is 5.09. The van der Waals surface area contributed by atoms with Crippen LogP contribution in [0.4, 0.5) is 5.69 Å². The number of carbonyl (C=O) groups is 1. The van der Waals surface area contributed by atoms with E-state index >= 15 is 0 Å². The van der Waals surface area contributed by atoms with Gasteiger partial charge in [0.05, 0.1) is 5.25 Å². The van der Waals surface area contributed by atoms with Crippen LogP contribution in [0.5, 0.6) is 0 Å². The third-order valence-electron chi connectivity index (χ3n) is 3.97. The van der Waals surface area contributed by atoms with Gasteiger partial charge in [0.25, 0.3) is 0 Å². The summed E-state index contributed by atoms with van der Waals surface area (Å²) in [5, 5.41) is 8.98. The van der Waals surface area contributed by atoms with E-state index in [1.54, 1.807) is 11.9 Å². The molecule has 6 heteroatoms. The van der Waals surface area contributed by atoms with Gasteiger partial charge in [0.1, 0.15) is 0 Å². The van der Waals surface area contributed by atoms with Crippen molar-refractivity contribution >= 4 is 23.4 Å². The Balaban J connectivity index is 1.74. The van der Waals surface area contributed by atoms with Crippen molar-refractivity contribution in [2.75, 3.05) is 11.9 Å². The van der Waals surface area contributed by atoms with Gasteiger partial charge in [-0.25, -0.2) is 0 Å². The number of nitrogens with zero attached hydrogens (tertiary/aromatic N) is 4. The summed E-state index contributed by atoms with van der Waals surface area (Å²) >= 11 is 1.41. The number of carbonyl (C=O) groups excluding carboxylic acids is 1. The molecule has 0 unspecified atom stereocenters. The second kappa shape index (κ2) is 7.53. The van der Waals surface area contributed by atoms with Crippen molar-refractivity contribution in [1.29, 1.82) is 0 Å². The van der Waals surface area contributed by atoms with Crippen LogP contribution in [0.15, 0.2) is 65.8 Å². The Morgan fingerprint density at radius 3 is 2.28 bits per heavy atom. The van der Waals surface area contributed by atoms with Crippen LogP contribution < -0.4 is 4.90 Å². The van der Waals surface area contributed by atoms with Crippen LogP contribution in [0, 0.1) is 0 Å². The van der Waals surface area contributed by atoms with Crippen molar-refractivity contribution in [3.63, 3.8) is 0 Å². The number of para-hydroxylation sites is 1. The number of thioether (sulfide) groups is 1. The lowest BCUT2D eigenvalue weighted by Crippen LogP contribution is -2.33. The first-order chi connectivity index (χ1) is 12.1. The number of benzene rings is 2. The number of hydrogen-bond acceptors (Lipinski definition) is 4. The van der Waals surface area contributed by atoms with Crippen molar-refractivity contribution in [2.24, 2.45) is 7.05 Å². The van der Waals surface area contributed by atoms with Crippen molar-refractivity contribution in [3.8, 4) is 11.4 Å². The van der Waals surface area contributed by atoms with E-state index in [-0.39, 0.29) is 11.2 Å². The summed E-state index contributed by atoms with van der Waals surface area (Å²) in [6.07, 6.45) is 0. The van der Waals surface area contributed by atoms with E-state index in [9.17, 15) is 4.79 Å². The molecule has 0 fully saturated rings. The molecule has 2 aromatic carbocycles. The Morgan fingerprint density at radius 1 is 1.04 bits per heavy atom. The quantitative estimate of drug-likeness (QED) is 0.658. The highest BCUT2D eigenvalue weighted by Crippen LogP contribution is 2.27. The van der Waals surface area contributed by atoms with Crippen LogP contribution in [0.1, 0.15) is 6.92 Å². The first-order valence-corrected chi connectivity index (χ1v) is 8.90. The van der Waals surface area contributed by atoms with Gasteiger partial charge in [0.2, 0.25) is 5.91 Å². The lowest BCUT2D eigenvalue weighted by Gasteiger charge is -2.20. The smallest absolute Gasteiger partial charge is 0.240 e. The molecule has 3 aromatic rings. The summed E-state index contributed by atoms with van der Waals surface area (Å²) in [7, 11) is 3.71. The van der Waals surface area contributed by atoms with E-state index < -0.39 is 0 Å². The van der Waals surface area contributed by atoms with Crippen LogP contribution >= 0.6 is 11.8 Å². The van der Waals surface area contributed by atoms with Crippen molar-refractivity contribution < 1.29 is 4.79 Å². The van der Waals surface area contributed by atoms with Crippen molar-refractivity contribution in [3.05, 3.63) is 60.7 Å². The molecule has 0 saturated carbocycles. The molecule has 25 heavy (non-hydrogen) atoms. The summed E-state index contributed by atoms with van der Waals surface area (Å²) in [5.41, 5.74) is 1.88. The SMILES string of the molecule is C[C@H](Sc1nnc(-c2ccccc2)n1C)C(=O)N(C)c1ccccc1. The summed E-state index contributed by atoms with van der Waals surface area (Å²) in [6.45, 7) is 1.89. The Labute approximate surface area is 151 Å². The van der Waals surface area contributed by atoms with Crippen molar-refractivity contribution in [2.45, 2.75) is 17.3 Å². The Hall–Kier alpha value is -2.60. The van der Waals surface area contributed by atoms with E-state index in [0.717, 1.165) is 22.2 Å². The van der Waals surface area contributed by atoms with E-state index in [1.807, 2.05) is 79.2 Å². The first kappa shape index (κ1) is 17.2. The fraction of sp³-hybridized carbons (Fsp3) is 0.211. The Morgan fingerprint density at radius 2 is 1.64 bits per heavy atom. The molecule has 128 valence electrons. The molecule has 0 N–H and O–H groups in total. The molecule has 1 amide bonds. The molecule has 5 nitrogen and oxygen atoms in total. The fourth-order valence-electron chi connectivity index (χ4n) is 2.52. The lowest BCUT2D eigenvalue weighted by atomic mass is 10.2. The van der Waals surface area contributed by atoms with Crippen molar-refractivity contribution in [1.82, 2.24) is 14.8 Å². The molecule has 0 radical (unpaired) electrons. The van der Waals surface area contributed by atoms with Gasteiger partial charge in [-0.3, -0.25) is 4.79 Å². The molecule has 0 aliphatic heterocycles. The zero-order valence-electron chi connectivity index (χ0n) is 14.5. The van der Waals surface area contributed by atoms with Gasteiger partial charge < -0.3 is 9.47 Å². The minimum Gasteiger partial charge on any atom is -0.315 e. The molecular weight excluding hydrogens is 332 g/mol. The highest BCUT2D eigenvalue weighted by molar-refractivity contribution is 8.00. The van der Waals surface area contributed by atoms with Gasteiger partial charge in [-0.15, -0.1) is 10.2 Å². The molecule has 3 rings (SSSR count). The van der Waals surface area contributed by atoms with E-state index in [4.69, 9.17) is 0 Å². The third kappa shape index (κ3) is 3.74. The maximum absolute atomic E-state index is 12.7. The minimum absolute atomic E-state index is 0.0282. The maximum Gasteiger partial charge on any atom is 0.240 e. The van der Waals surface area contributed by atoms with Gasteiger partial charge in [0, 0.05) is 25.3 Å². The van der Waals surface area contributed by atoms with Gasteiger partial charge >= 0.3 is 0 Å². The van der Waals surface area contributed by atoms with Gasteiger partial charge in [-0.2, -0.15) is 0 Å². The van der Waals surface area contributed by atoms with Crippen LogP contribution in [0.2, 0.25) is 0 Å². The highest BCUT2D eigenvalue weighted by atomic mass is 32.2. The van der Waals surface area contributed by atoms with E-state index in [2.05, 4.69) is 10.2 Å². The number of rotatable bonds is 5. The normalized spacial score (nSPS) is 12.0. The zero-order valence-corrected chi connectivity index (χ0v) is 15.3. The maximum atomic E-state index is 12.7. The zero-order chi connectivity index (χ0) is 17.8. The van der Waals surface area contributed by atoms with Crippen LogP contribution in [0.3, 0.4) is 0 Å². The highest BCUT2D eigenvalue weighted by Gasteiger charge is 2.22. The Kier molecular flexibility index (Phi) is 5.19. The number of amides is 1. The van der Waals surface area contributed by atoms with Crippen LogP contribution in [0.25, 0.3) is 11.4 Å². The minimum atomic E-state index is -0.267. The van der Waals surface area contributed by atoms with E-state index in [1.165, 1.54) is 11.8 Å². The predicted molar refractivity (Wildman–Crippen MR) is 102 cm³/mol. The number of anilines is 1. The largest absolute Gasteiger partial charge is 0.315 e.